The molecule has 1 aliphatic heterocycles. The number of rotatable bonds is 0. The lowest BCUT2D eigenvalue weighted by Crippen LogP contribution is -1.20. The summed E-state index contributed by atoms with van der Waals surface area (Å²) in [7, 11) is 0.630. The Bertz CT molecular complexity index is 22.5. The van der Waals surface area contributed by atoms with Crippen molar-refractivity contribution in [3.05, 3.63) is 0 Å². The second kappa shape index (κ2) is 0.687. The van der Waals surface area contributed by atoms with E-state index in [1.54, 1.807) is 12.3 Å². The van der Waals surface area contributed by atoms with Gasteiger partial charge < -0.3 is 0 Å². The monoisotopic (exact) mass is 74.0 g/mol. The van der Waals surface area contributed by atoms with Crippen LogP contribution in [0.5, 0.6) is 0 Å². The van der Waals surface area contributed by atoms with Crippen molar-refractivity contribution in [1.82, 2.24) is 0 Å². The van der Waals surface area contributed by atoms with E-state index in [9.17, 15) is 0 Å². The Labute approximate surface area is 28.0 Å². The fourth-order valence-corrected chi connectivity index (χ4v) is 0.900. The lowest BCUT2D eigenvalue weighted by molar-refractivity contribution is 1.75. The molecule has 0 amide bonds. The molecule has 1 rings (SSSR count). The van der Waals surface area contributed by atoms with Gasteiger partial charge in [0.1, 0.15) is 0 Å². The van der Waals surface area contributed by atoms with Crippen LogP contribution in [-0.2, 0) is 0 Å². The van der Waals surface area contributed by atoms with E-state index >= 15 is 0 Å². The van der Waals surface area contributed by atoms with E-state index in [-0.39, 0.29) is 0 Å². The highest BCUT2D eigenvalue weighted by molar-refractivity contribution is 7.64. The summed E-state index contributed by atoms with van der Waals surface area (Å²) in [6.07, 6.45) is 3.10. The maximum absolute atomic E-state index is 2.34. The van der Waals surface area contributed by atoms with Crippen LogP contribution in [0.25, 0.3) is 0 Å². The molecule has 0 aromatic rings. The molecule has 4 heavy (non-hydrogen) atoms. The molecule has 0 bridgehead atoms. The Hall–Kier alpha value is 0.430. The molecule has 0 N–H and O–H groups in total. The van der Waals surface area contributed by atoms with Crippen LogP contribution in [0.15, 0.2) is 0 Å². The smallest absolute Gasteiger partial charge is 0.0289 e. The molecule has 0 radical (unpaired) electrons. The minimum Gasteiger partial charge on any atom is -0.109 e. The molecular formula is C3H7P. The summed E-state index contributed by atoms with van der Waals surface area (Å²) in [5, 5.41) is 0. The summed E-state index contributed by atoms with van der Waals surface area (Å²) in [5.74, 6) is 0. The van der Waals surface area contributed by atoms with Crippen LogP contribution in [0.4, 0.5) is 0 Å². The van der Waals surface area contributed by atoms with Gasteiger partial charge in [0.05, 0.1) is 0 Å². The molecule has 24 valence electrons. The first-order valence-electron chi connectivity index (χ1n) is 1.58. The van der Waals surface area contributed by atoms with Crippen molar-refractivity contribution in [3.63, 3.8) is 0 Å². The van der Waals surface area contributed by atoms with Crippen LogP contribution in [0.3, 0.4) is 0 Å². The molecule has 0 aromatic heterocycles. The van der Waals surface area contributed by atoms with Gasteiger partial charge in [0.2, 0.25) is 0 Å². The van der Waals surface area contributed by atoms with E-state index in [1.807, 2.05) is 0 Å². The fourth-order valence-electron chi connectivity index (χ4n) is 0.1000. The van der Waals surface area contributed by atoms with Gasteiger partial charge >= 0.3 is 0 Å². The zero-order chi connectivity index (χ0) is 2.99. The van der Waals surface area contributed by atoms with E-state index in [4.69, 9.17) is 0 Å². The first kappa shape index (κ1) is 2.66. The van der Waals surface area contributed by atoms with Crippen LogP contribution < -0.4 is 0 Å². The summed E-state index contributed by atoms with van der Waals surface area (Å²) in [6.45, 7) is 2.34. The Morgan fingerprint density at radius 1 is 1.50 bits per heavy atom. The Morgan fingerprint density at radius 2 is 1.75 bits per heavy atom. The quantitative estimate of drug-likeness (QED) is 0.377. The maximum atomic E-state index is 2.34. The highest BCUT2D eigenvalue weighted by atomic mass is 31.1. The summed E-state index contributed by atoms with van der Waals surface area (Å²) in [5.41, 5.74) is 0. The maximum Gasteiger partial charge on any atom is -0.0289 e. The van der Waals surface area contributed by atoms with Crippen molar-refractivity contribution < 1.29 is 0 Å². The van der Waals surface area contributed by atoms with Crippen LogP contribution in [0, 0.1) is 0 Å². The standard InChI is InChI=1S/C3H7P/c1-4-2-3-4/h2-3H2,1H3. The fraction of sp³-hybridized carbons (Fsp3) is 1.00. The normalized spacial score (nSPS) is 26.2. The van der Waals surface area contributed by atoms with E-state index in [1.165, 1.54) is 0 Å². The molecule has 0 atom stereocenters. The average molecular weight is 74.1 g/mol. The van der Waals surface area contributed by atoms with Gasteiger partial charge in [-0.1, -0.05) is 0 Å². The molecular weight excluding hydrogens is 67.0 g/mol. The second-order valence-corrected chi connectivity index (χ2v) is 3.91. The van der Waals surface area contributed by atoms with Gasteiger partial charge in [0.25, 0.3) is 0 Å². The minimum absolute atomic E-state index is 0.630. The zero-order valence-electron chi connectivity index (χ0n) is 2.86. The van der Waals surface area contributed by atoms with Crippen LogP contribution in [0.1, 0.15) is 0 Å². The van der Waals surface area contributed by atoms with Crippen molar-refractivity contribution >= 4 is 7.92 Å². The van der Waals surface area contributed by atoms with E-state index in [0.717, 1.165) is 0 Å². The van der Waals surface area contributed by atoms with Gasteiger partial charge in [-0.2, -0.15) is 0 Å². The molecule has 1 heteroatoms. The van der Waals surface area contributed by atoms with Crippen molar-refractivity contribution in [2.45, 2.75) is 0 Å². The lowest BCUT2D eigenvalue weighted by Gasteiger charge is -1.56. The largest absolute Gasteiger partial charge is 0.109 e. The third kappa shape index (κ3) is 0.422. The molecule has 0 aliphatic carbocycles. The first-order valence-corrected chi connectivity index (χ1v) is 3.74. The van der Waals surface area contributed by atoms with Gasteiger partial charge in [0, 0.05) is 0 Å². The molecule has 0 nitrogen and oxygen atoms in total. The highest BCUT2D eigenvalue weighted by Gasteiger charge is 2.11. The topological polar surface area (TPSA) is 0 Å². The summed E-state index contributed by atoms with van der Waals surface area (Å²) in [6, 6.07) is 0. The summed E-state index contributed by atoms with van der Waals surface area (Å²) >= 11 is 0. The van der Waals surface area contributed by atoms with Gasteiger partial charge in [-0.05, 0) is 19.0 Å². The predicted octanol–water partition coefficient (Wildman–Crippen LogP) is 1.11. The number of hydrogen-bond donors (Lipinski definition) is 0. The van der Waals surface area contributed by atoms with E-state index in [0.29, 0.717) is 7.92 Å². The van der Waals surface area contributed by atoms with Crippen molar-refractivity contribution in [1.29, 1.82) is 0 Å². The predicted molar refractivity (Wildman–Crippen MR) is 22.6 cm³/mol. The van der Waals surface area contributed by atoms with Crippen LogP contribution >= 0.6 is 7.92 Å². The van der Waals surface area contributed by atoms with E-state index in [2.05, 4.69) is 6.66 Å². The third-order valence-electron chi connectivity index (χ3n) is 0.671. The molecule has 0 spiro atoms. The van der Waals surface area contributed by atoms with Gasteiger partial charge in [-0.25, -0.2) is 0 Å². The molecule has 0 aromatic carbocycles. The minimum atomic E-state index is 0.630. The van der Waals surface area contributed by atoms with Gasteiger partial charge in [-0.3, -0.25) is 0 Å². The van der Waals surface area contributed by atoms with Gasteiger partial charge in [-0.15, -0.1) is 7.92 Å². The molecule has 1 heterocycles. The molecule has 0 unspecified atom stereocenters. The highest BCUT2D eigenvalue weighted by Crippen LogP contribution is 2.45. The summed E-state index contributed by atoms with van der Waals surface area (Å²) in [4.78, 5) is 0. The first-order chi connectivity index (χ1) is 1.89. The van der Waals surface area contributed by atoms with E-state index < -0.39 is 0 Å². The third-order valence-corrected chi connectivity index (χ3v) is 2.01. The lowest BCUT2D eigenvalue weighted by atomic mass is 11.0. The van der Waals surface area contributed by atoms with Crippen molar-refractivity contribution in [2.75, 3.05) is 19.0 Å². The Kier molecular flexibility index (Phi) is 0.456. The molecule has 1 aliphatic rings. The molecule has 1 saturated heterocycles. The number of hydrogen-bond acceptors (Lipinski definition) is 0. The second-order valence-electron chi connectivity index (χ2n) is 1.30. The van der Waals surface area contributed by atoms with Crippen molar-refractivity contribution in [2.24, 2.45) is 0 Å². The van der Waals surface area contributed by atoms with Crippen molar-refractivity contribution in [3.8, 4) is 0 Å². The molecule has 1 fully saturated rings. The Balaban J connectivity index is 2.17. The SMILES string of the molecule is CP1CC1. The molecule has 0 saturated carbocycles. The van der Waals surface area contributed by atoms with Crippen LogP contribution in [-0.4, -0.2) is 19.0 Å². The zero-order valence-corrected chi connectivity index (χ0v) is 3.76. The average Bonchev–Trinajstić information content (AvgIpc) is 1.75. The summed E-state index contributed by atoms with van der Waals surface area (Å²) < 4.78 is 0. The van der Waals surface area contributed by atoms with Crippen LogP contribution in [0.2, 0.25) is 0 Å². The Morgan fingerprint density at radius 3 is 1.75 bits per heavy atom. The van der Waals surface area contributed by atoms with Gasteiger partial charge in [0.15, 0.2) is 0 Å².